The number of hydrogen-bond donors (Lipinski definition) is 0. The van der Waals surface area contributed by atoms with Crippen molar-refractivity contribution in [3.63, 3.8) is 0 Å². The van der Waals surface area contributed by atoms with Crippen LogP contribution in [0, 0.1) is 6.92 Å². The molecule has 2 aliphatic heterocycles. The van der Waals surface area contributed by atoms with E-state index in [1.165, 1.54) is 0 Å². The third-order valence-corrected chi connectivity index (χ3v) is 6.65. The maximum absolute atomic E-state index is 13.5. The molecular weight excluding hydrogens is 430 g/mol. The Morgan fingerprint density at radius 3 is 2.62 bits per heavy atom. The Kier molecular flexibility index (Phi) is 5.71. The monoisotopic (exact) mass is 453 g/mol. The molecule has 32 heavy (non-hydrogen) atoms. The largest absolute Gasteiger partial charge is 0.450 e. The number of ether oxygens (including phenoxy) is 1. The van der Waals surface area contributed by atoms with Crippen LogP contribution in [0.2, 0.25) is 5.02 Å². The predicted molar refractivity (Wildman–Crippen MR) is 121 cm³/mol. The van der Waals surface area contributed by atoms with Crippen LogP contribution in [0.15, 0.2) is 45.9 Å². The molecular formula is C24H24ClN3O4. The first-order valence-electron chi connectivity index (χ1n) is 10.8. The molecule has 8 heteroatoms. The number of hydrogen-bond acceptors (Lipinski definition) is 6. The third kappa shape index (κ3) is 3.70. The molecule has 5 rings (SSSR count). The summed E-state index contributed by atoms with van der Waals surface area (Å²) in [7, 11) is 0. The molecule has 2 aliphatic rings. The molecule has 166 valence electrons. The highest BCUT2D eigenvalue weighted by Gasteiger charge is 2.42. The minimum Gasteiger partial charge on any atom is -0.450 e. The van der Waals surface area contributed by atoms with E-state index in [2.05, 4.69) is 9.88 Å². The van der Waals surface area contributed by atoms with Crippen molar-refractivity contribution in [1.82, 2.24) is 14.8 Å². The predicted octanol–water partition coefficient (Wildman–Crippen LogP) is 3.42. The van der Waals surface area contributed by atoms with Crippen LogP contribution in [-0.4, -0.2) is 60.1 Å². The highest BCUT2D eigenvalue weighted by molar-refractivity contribution is 6.32. The van der Waals surface area contributed by atoms with Gasteiger partial charge in [0.25, 0.3) is 5.91 Å². The van der Waals surface area contributed by atoms with Gasteiger partial charge in [-0.05, 0) is 48.7 Å². The maximum atomic E-state index is 13.5. The van der Waals surface area contributed by atoms with Crippen LogP contribution in [0.5, 0.6) is 0 Å². The van der Waals surface area contributed by atoms with Crippen molar-refractivity contribution < 1.29 is 13.9 Å². The minimum atomic E-state index is -0.508. The molecule has 1 unspecified atom stereocenters. The number of halogens is 1. The quantitative estimate of drug-likeness (QED) is 0.589. The van der Waals surface area contributed by atoms with Gasteiger partial charge in [-0.15, -0.1) is 0 Å². The van der Waals surface area contributed by atoms with Gasteiger partial charge in [0.15, 0.2) is 5.43 Å². The van der Waals surface area contributed by atoms with Crippen molar-refractivity contribution in [3.05, 3.63) is 74.4 Å². The van der Waals surface area contributed by atoms with Gasteiger partial charge >= 0.3 is 0 Å². The lowest BCUT2D eigenvalue weighted by Gasteiger charge is -2.29. The number of morpholine rings is 1. The first kappa shape index (κ1) is 21.1. The molecule has 3 aromatic rings. The lowest BCUT2D eigenvalue weighted by molar-refractivity contribution is 0.0353. The van der Waals surface area contributed by atoms with E-state index < -0.39 is 6.04 Å². The molecule has 0 spiro atoms. The summed E-state index contributed by atoms with van der Waals surface area (Å²) in [6, 6.07) is 6.52. The highest BCUT2D eigenvalue weighted by Crippen LogP contribution is 2.38. The van der Waals surface area contributed by atoms with E-state index in [-0.39, 0.29) is 17.1 Å². The number of aromatic nitrogens is 1. The lowest BCUT2D eigenvalue weighted by Crippen LogP contribution is -2.38. The third-order valence-electron chi connectivity index (χ3n) is 6.25. The molecule has 1 saturated heterocycles. The summed E-state index contributed by atoms with van der Waals surface area (Å²) in [5.74, 6) is -0.132. The van der Waals surface area contributed by atoms with E-state index in [4.69, 9.17) is 20.8 Å². The zero-order valence-corrected chi connectivity index (χ0v) is 18.6. The molecule has 1 aromatic carbocycles. The van der Waals surface area contributed by atoms with E-state index in [0.717, 1.165) is 50.4 Å². The molecule has 1 amide bonds. The summed E-state index contributed by atoms with van der Waals surface area (Å²) in [5.41, 5.74) is 2.17. The van der Waals surface area contributed by atoms with Gasteiger partial charge in [0.05, 0.1) is 30.2 Å². The van der Waals surface area contributed by atoms with Crippen LogP contribution in [0.3, 0.4) is 0 Å². The molecule has 0 N–H and O–H groups in total. The van der Waals surface area contributed by atoms with E-state index in [1.807, 2.05) is 19.1 Å². The van der Waals surface area contributed by atoms with Gasteiger partial charge in [0.1, 0.15) is 5.58 Å². The summed E-state index contributed by atoms with van der Waals surface area (Å²) in [5, 5.41) is 0.887. The van der Waals surface area contributed by atoms with Gasteiger partial charge < -0.3 is 14.1 Å². The number of carbonyl (C=O) groups excluding carboxylic acids is 1. The topological polar surface area (TPSA) is 75.9 Å². The Hall–Kier alpha value is -2.74. The molecule has 0 bridgehead atoms. The number of nitrogens with zero attached hydrogens (tertiary/aromatic N) is 3. The van der Waals surface area contributed by atoms with E-state index >= 15 is 0 Å². The number of aryl methyl sites for hydroxylation is 1. The van der Waals surface area contributed by atoms with Crippen LogP contribution >= 0.6 is 11.6 Å². The van der Waals surface area contributed by atoms with Gasteiger partial charge in [0.2, 0.25) is 5.76 Å². The molecule has 0 aliphatic carbocycles. The number of carbonyl (C=O) groups is 1. The van der Waals surface area contributed by atoms with Crippen LogP contribution in [0.25, 0.3) is 11.0 Å². The van der Waals surface area contributed by atoms with Crippen molar-refractivity contribution in [1.29, 1.82) is 0 Å². The summed E-state index contributed by atoms with van der Waals surface area (Å²) >= 11 is 6.28. The van der Waals surface area contributed by atoms with Gasteiger partial charge in [0, 0.05) is 43.6 Å². The number of fused-ring (bicyclic) bond motifs is 2. The average Bonchev–Trinajstić information content (AvgIpc) is 3.09. The molecule has 0 radical (unpaired) electrons. The first-order chi connectivity index (χ1) is 15.5. The van der Waals surface area contributed by atoms with E-state index in [1.54, 1.807) is 29.4 Å². The van der Waals surface area contributed by atoms with Crippen molar-refractivity contribution in [2.24, 2.45) is 0 Å². The fraction of sp³-hybridized carbons (Fsp3) is 0.375. The first-order valence-corrected chi connectivity index (χ1v) is 11.2. The van der Waals surface area contributed by atoms with Gasteiger partial charge in [-0.2, -0.15) is 0 Å². The van der Waals surface area contributed by atoms with Crippen LogP contribution in [0.1, 0.15) is 39.7 Å². The Morgan fingerprint density at radius 2 is 1.88 bits per heavy atom. The van der Waals surface area contributed by atoms with Gasteiger partial charge in [-0.25, -0.2) is 0 Å². The van der Waals surface area contributed by atoms with Crippen LogP contribution < -0.4 is 5.43 Å². The molecule has 1 fully saturated rings. The standard InChI is InChI=1S/C24H24ClN3O4/c1-15-13-19-17(14-18(15)25)22(29)20-21(16-3-5-26-6-4-16)28(24(30)23(20)32-19)8-2-7-27-9-11-31-12-10-27/h3-6,13-14,21H,2,7-12H2,1H3. The molecule has 2 aromatic heterocycles. The number of rotatable bonds is 5. The van der Waals surface area contributed by atoms with Crippen molar-refractivity contribution in [3.8, 4) is 0 Å². The number of amides is 1. The Bertz CT molecular complexity index is 1220. The molecule has 7 nitrogen and oxygen atoms in total. The smallest absolute Gasteiger partial charge is 0.290 e. The van der Waals surface area contributed by atoms with E-state index in [9.17, 15) is 9.59 Å². The van der Waals surface area contributed by atoms with Crippen molar-refractivity contribution in [2.75, 3.05) is 39.4 Å². The van der Waals surface area contributed by atoms with Crippen molar-refractivity contribution >= 4 is 28.5 Å². The fourth-order valence-corrected chi connectivity index (χ4v) is 4.72. The lowest BCUT2D eigenvalue weighted by atomic mass is 9.99. The molecule has 4 heterocycles. The summed E-state index contributed by atoms with van der Waals surface area (Å²) in [6.07, 6.45) is 4.14. The van der Waals surface area contributed by atoms with E-state index in [0.29, 0.717) is 28.1 Å². The van der Waals surface area contributed by atoms with Crippen LogP contribution in [-0.2, 0) is 4.74 Å². The maximum Gasteiger partial charge on any atom is 0.290 e. The summed E-state index contributed by atoms with van der Waals surface area (Å²) in [6.45, 7) is 6.49. The Labute approximate surface area is 190 Å². The Morgan fingerprint density at radius 1 is 1.12 bits per heavy atom. The Balaban J connectivity index is 1.54. The average molecular weight is 454 g/mol. The normalized spacial score (nSPS) is 19.0. The molecule has 0 saturated carbocycles. The second kappa shape index (κ2) is 8.65. The number of benzene rings is 1. The second-order valence-electron chi connectivity index (χ2n) is 8.26. The number of pyridine rings is 1. The van der Waals surface area contributed by atoms with Gasteiger partial charge in [-0.1, -0.05) is 11.6 Å². The van der Waals surface area contributed by atoms with Crippen molar-refractivity contribution in [2.45, 2.75) is 19.4 Å². The minimum absolute atomic E-state index is 0.123. The highest BCUT2D eigenvalue weighted by atomic mass is 35.5. The second-order valence-corrected chi connectivity index (χ2v) is 8.67. The van der Waals surface area contributed by atoms with Crippen LogP contribution in [0.4, 0.5) is 0 Å². The zero-order chi connectivity index (χ0) is 22.2. The molecule has 1 atom stereocenters. The SMILES string of the molecule is Cc1cc2oc3c(c(=O)c2cc1Cl)C(c1ccncc1)N(CCCN1CCOCC1)C3=O. The summed E-state index contributed by atoms with van der Waals surface area (Å²) < 4.78 is 11.4. The fourth-order valence-electron chi connectivity index (χ4n) is 4.55. The zero-order valence-electron chi connectivity index (χ0n) is 17.8. The summed E-state index contributed by atoms with van der Waals surface area (Å²) in [4.78, 5) is 35.1. The van der Waals surface area contributed by atoms with Gasteiger partial charge in [-0.3, -0.25) is 19.5 Å².